The number of nitrogens with two attached hydrogens (primary N) is 1. The minimum Gasteiger partial charge on any atom is -0.396 e. The van der Waals surface area contributed by atoms with Crippen molar-refractivity contribution in [3.05, 3.63) is 0 Å². The summed E-state index contributed by atoms with van der Waals surface area (Å²) in [4.78, 5) is 14.4. The summed E-state index contributed by atoms with van der Waals surface area (Å²) in [7, 11) is 0. The minimum atomic E-state index is 0.145. The van der Waals surface area contributed by atoms with Crippen LogP contribution in [0.15, 0.2) is 0 Å². The molecule has 1 aliphatic carbocycles. The molecule has 1 aliphatic rings. The van der Waals surface area contributed by atoms with Crippen LogP contribution in [-0.4, -0.2) is 41.7 Å². The Hall–Kier alpha value is -0.610. The van der Waals surface area contributed by atoms with Gasteiger partial charge in [-0.3, -0.25) is 4.79 Å². The predicted molar refractivity (Wildman–Crippen MR) is 73.1 cm³/mol. The van der Waals surface area contributed by atoms with Gasteiger partial charge in [0.05, 0.1) is 0 Å². The zero-order chi connectivity index (χ0) is 13.5. The lowest BCUT2D eigenvalue weighted by Gasteiger charge is -2.34. The van der Waals surface area contributed by atoms with E-state index in [9.17, 15) is 4.79 Å². The van der Waals surface area contributed by atoms with Gasteiger partial charge in [-0.15, -0.1) is 0 Å². The van der Waals surface area contributed by atoms with Gasteiger partial charge in [-0.05, 0) is 52.0 Å². The van der Waals surface area contributed by atoms with Gasteiger partial charge in [0.2, 0.25) is 5.91 Å². The van der Waals surface area contributed by atoms with Crippen LogP contribution in [0.4, 0.5) is 0 Å². The molecular weight excluding hydrogens is 228 g/mol. The van der Waals surface area contributed by atoms with Crippen molar-refractivity contribution >= 4 is 5.91 Å². The molecule has 1 saturated carbocycles. The average Bonchev–Trinajstić information content (AvgIpc) is 2.38. The van der Waals surface area contributed by atoms with Gasteiger partial charge in [0, 0.05) is 25.1 Å². The monoisotopic (exact) mass is 256 g/mol. The first kappa shape index (κ1) is 15.4. The molecule has 0 aliphatic heterocycles. The van der Waals surface area contributed by atoms with E-state index in [0.717, 1.165) is 19.3 Å². The average molecular weight is 256 g/mol. The molecule has 4 nitrogen and oxygen atoms in total. The highest BCUT2D eigenvalue weighted by Gasteiger charge is 2.30. The lowest BCUT2D eigenvalue weighted by Crippen LogP contribution is -2.43. The van der Waals surface area contributed by atoms with Gasteiger partial charge in [-0.2, -0.15) is 0 Å². The molecule has 1 fully saturated rings. The molecule has 18 heavy (non-hydrogen) atoms. The van der Waals surface area contributed by atoms with E-state index in [-0.39, 0.29) is 24.5 Å². The maximum atomic E-state index is 12.5. The number of amides is 1. The first-order valence-corrected chi connectivity index (χ1v) is 7.21. The second kappa shape index (κ2) is 7.74. The summed E-state index contributed by atoms with van der Waals surface area (Å²) < 4.78 is 0. The quantitative estimate of drug-likeness (QED) is 0.754. The number of rotatable bonds is 6. The molecule has 0 saturated heterocycles. The number of hydrogen-bond donors (Lipinski definition) is 2. The fraction of sp³-hybridized carbons (Fsp3) is 0.929. The third kappa shape index (κ3) is 4.25. The van der Waals surface area contributed by atoms with Gasteiger partial charge in [-0.1, -0.05) is 6.42 Å². The van der Waals surface area contributed by atoms with E-state index in [1.807, 2.05) is 18.7 Å². The maximum Gasteiger partial charge on any atom is 0.225 e. The highest BCUT2D eigenvalue weighted by Crippen LogP contribution is 2.30. The van der Waals surface area contributed by atoms with Gasteiger partial charge >= 0.3 is 0 Å². The Morgan fingerprint density at radius 2 is 2.17 bits per heavy atom. The van der Waals surface area contributed by atoms with E-state index < -0.39 is 0 Å². The molecule has 1 rings (SSSR count). The number of nitrogens with zero attached hydrogens (tertiary/aromatic N) is 1. The van der Waals surface area contributed by atoms with E-state index in [1.54, 1.807) is 0 Å². The number of aliphatic hydroxyl groups is 1. The van der Waals surface area contributed by atoms with Crippen LogP contribution in [0.2, 0.25) is 0 Å². The molecule has 0 heterocycles. The molecule has 0 bridgehead atoms. The second-order valence-electron chi connectivity index (χ2n) is 5.67. The molecule has 2 atom stereocenters. The summed E-state index contributed by atoms with van der Waals surface area (Å²) in [6.07, 6.45) is 4.88. The summed E-state index contributed by atoms with van der Waals surface area (Å²) in [5.74, 6) is 0.921. The van der Waals surface area contributed by atoms with E-state index in [0.29, 0.717) is 25.4 Å². The third-order valence-corrected chi connectivity index (χ3v) is 3.93. The van der Waals surface area contributed by atoms with E-state index in [4.69, 9.17) is 10.8 Å². The number of aliphatic hydroxyl groups excluding tert-OH is 1. The van der Waals surface area contributed by atoms with Gasteiger partial charge in [-0.25, -0.2) is 0 Å². The summed E-state index contributed by atoms with van der Waals surface area (Å²) >= 11 is 0. The van der Waals surface area contributed by atoms with E-state index in [2.05, 4.69) is 0 Å². The summed E-state index contributed by atoms with van der Waals surface area (Å²) in [5, 5.41) is 8.91. The number of carbonyl (C=O) groups is 1. The van der Waals surface area contributed by atoms with Crippen molar-refractivity contribution in [2.75, 3.05) is 19.7 Å². The Bertz CT molecular complexity index is 256. The molecular formula is C14H28N2O2. The van der Waals surface area contributed by atoms with Crippen LogP contribution in [0, 0.1) is 11.8 Å². The molecule has 0 radical (unpaired) electrons. The number of carbonyl (C=O) groups excluding carboxylic acids is 1. The highest BCUT2D eigenvalue weighted by molar-refractivity contribution is 5.79. The molecule has 0 aromatic rings. The normalized spacial score (nSPS) is 24.3. The lowest BCUT2D eigenvalue weighted by molar-refractivity contribution is -0.139. The SMILES string of the molecule is CC(C)N(CCCO)C(=O)C1CCCC(CN)C1. The van der Waals surface area contributed by atoms with Gasteiger partial charge in [0.1, 0.15) is 0 Å². The molecule has 106 valence electrons. The molecule has 3 N–H and O–H groups in total. The second-order valence-corrected chi connectivity index (χ2v) is 5.67. The van der Waals surface area contributed by atoms with Crippen LogP contribution >= 0.6 is 0 Å². The fourth-order valence-electron chi connectivity index (χ4n) is 2.83. The van der Waals surface area contributed by atoms with Crippen molar-refractivity contribution < 1.29 is 9.90 Å². The van der Waals surface area contributed by atoms with Crippen LogP contribution in [-0.2, 0) is 4.79 Å². The standard InChI is InChI=1S/C14H28N2O2/c1-11(2)16(7-4-8-17)14(18)13-6-3-5-12(9-13)10-15/h11-13,17H,3-10,15H2,1-2H3. The summed E-state index contributed by atoms with van der Waals surface area (Å²) in [6, 6.07) is 0.210. The largest absolute Gasteiger partial charge is 0.396 e. The molecule has 2 unspecified atom stereocenters. The lowest BCUT2D eigenvalue weighted by atomic mass is 9.80. The van der Waals surface area contributed by atoms with Crippen molar-refractivity contribution in [1.82, 2.24) is 4.90 Å². The Kier molecular flexibility index (Phi) is 6.65. The Morgan fingerprint density at radius 3 is 2.72 bits per heavy atom. The van der Waals surface area contributed by atoms with Gasteiger partial charge in [0.25, 0.3) is 0 Å². The van der Waals surface area contributed by atoms with Gasteiger partial charge in [0.15, 0.2) is 0 Å². The summed E-state index contributed by atoms with van der Waals surface area (Å²) in [6.45, 7) is 5.59. The van der Waals surface area contributed by atoms with Crippen LogP contribution in [0.5, 0.6) is 0 Å². The van der Waals surface area contributed by atoms with Crippen LogP contribution in [0.25, 0.3) is 0 Å². The van der Waals surface area contributed by atoms with E-state index >= 15 is 0 Å². The first-order chi connectivity index (χ1) is 8.60. The van der Waals surface area contributed by atoms with Crippen molar-refractivity contribution in [3.63, 3.8) is 0 Å². The highest BCUT2D eigenvalue weighted by atomic mass is 16.3. The Balaban J connectivity index is 2.58. The third-order valence-electron chi connectivity index (χ3n) is 3.93. The summed E-state index contributed by atoms with van der Waals surface area (Å²) in [5.41, 5.74) is 5.72. The van der Waals surface area contributed by atoms with Crippen molar-refractivity contribution in [2.45, 2.75) is 52.0 Å². The molecule has 0 aromatic carbocycles. The molecule has 0 spiro atoms. The first-order valence-electron chi connectivity index (χ1n) is 7.21. The topological polar surface area (TPSA) is 66.6 Å². The van der Waals surface area contributed by atoms with Crippen LogP contribution in [0.3, 0.4) is 0 Å². The van der Waals surface area contributed by atoms with Gasteiger partial charge < -0.3 is 15.7 Å². The smallest absolute Gasteiger partial charge is 0.225 e. The minimum absolute atomic E-state index is 0.145. The van der Waals surface area contributed by atoms with Crippen molar-refractivity contribution in [2.24, 2.45) is 17.6 Å². The predicted octanol–water partition coefficient (Wildman–Crippen LogP) is 1.37. The Labute approximate surface area is 111 Å². The van der Waals surface area contributed by atoms with Crippen molar-refractivity contribution in [1.29, 1.82) is 0 Å². The Morgan fingerprint density at radius 1 is 1.44 bits per heavy atom. The van der Waals surface area contributed by atoms with Crippen molar-refractivity contribution in [3.8, 4) is 0 Å². The number of hydrogen-bond acceptors (Lipinski definition) is 3. The fourth-order valence-corrected chi connectivity index (χ4v) is 2.83. The molecule has 1 amide bonds. The zero-order valence-corrected chi connectivity index (χ0v) is 11.8. The molecule has 0 aromatic heterocycles. The zero-order valence-electron chi connectivity index (χ0n) is 11.8. The maximum absolute atomic E-state index is 12.5. The van der Waals surface area contributed by atoms with Crippen LogP contribution in [0.1, 0.15) is 46.0 Å². The van der Waals surface area contributed by atoms with Crippen LogP contribution < -0.4 is 5.73 Å². The molecule has 4 heteroatoms. The van der Waals surface area contributed by atoms with E-state index in [1.165, 1.54) is 6.42 Å².